The maximum Gasteiger partial charge on any atom is 0.236 e. The van der Waals surface area contributed by atoms with Gasteiger partial charge in [0.2, 0.25) is 5.89 Å². The minimum Gasteiger partial charge on any atom is -0.497 e. The van der Waals surface area contributed by atoms with E-state index in [-0.39, 0.29) is 0 Å². The van der Waals surface area contributed by atoms with Crippen LogP contribution >= 0.6 is 11.3 Å². The van der Waals surface area contributed by atoms with E-state index in [2.05, 4.69) is 16.0 Å². The summed E-state index contributed by atoms with van der Waals surface area (Å²) in [5.74, 6) is 2.36. The van der Waals surface area contributed by atoms with Crippen LogP contribution in [0.3, 0.4) is 0 Å². The molecule has 0 spiro atoms. The third kappa shape index (κ3) is 2.14. The zero-order chi connectivity index (χ0) is 15.1. The molecule has 3 aromatic rings. The van der Waals surface area contributed by atoms with Gasteiger partial charge in [0.1, 0.15) is 11.5 Å². The molecule has 0 radical (unpaired) electrons. The molecule has 0 unspecified atom stereocenters. The van der Waals surface area contributed by atoms with Crippen molar-refractivity contribution in [1.29, 1.82) is 0 Å². The van der Waals surface area contributed by atoms with Gasteiger partial charge in [-0.1, -0.05) is 0 Å². The number of aliphatic imine (C=N–C) groups is 1. The number of benzene rings is 1. The predicted molar refractivity (Wildman–Crippen MR) is 86.9 cm³/mol. The molecule has 2 aromatic heterocycles. The summed E-state index contributed by atoms with van der Waals surface area (Å²) in [6.07, 6.45) is 1.75. The maximum absolute atomic E-state index is 5.62. The lowest BCUT2D eigenvalue weighted by atomic mass is 10.1. The highest BCUT2D eigenvalue weighted by Gasteiger charge is 2.23. The van der Waals surface area contributed by atoms with Crippen molar-refractivity contribution in [3.63, 3.8) is 0 Å². The number of nitrogens with zero attached hydrogens (tertiary/aromatic N) is 2. The van der Waals surface area contributed by atoms with Crippen molar-refractivity contribution in [1.82, 2.24) is 4.98 Å². The Balaban J connectivity index is 1.70. The van der Waals surface area contributed by atoms with Crippen molar-refractivity contribution in [2.75, 3.05) is 7.11 Å². The first-order valence-corrected chi connectivity index (χ1v) is 7.81. The van der Waals surface area contributed by atoms with Crippen molar-refractivity contribution < 1.29 is 9.15 Å². The number of ether oxygens (including phenoxy) is 1. The zero-order valence-electron chi connectivity index (χ0n) is 12.3. The summed E-state index contributed by atoms with van der Waals surface area (Å²) in [6.45, 7) is 2.62. The third-order valence-corrected chi connectivity index (χ3v) is 4.80. The molecule has 5 heteroatoms. The van der Waals surface area contributed by atoms with Crippen molar-refractivity contribution in [3.8, 4) is 16.5 Å². The van der Waals surface area contributed by atoms with Crippen LogP contribution in [-0.4, -0.2) is 17.8 Å². The fourth-order valence-corrected chi connectivity index (χ4v) is 3.66. The van der Waals surface area contributed by atoms with E-state index >= 15 is 0 Å². The van der Waals surface area contributed by atoms with Crippen LogP contribution in [0.25, 0.3) is 10.8 Å². The normalized spacial score (nSPS) is 13.1. The smallest absolute Gasteiger partial charge is 0.236 e. The summed E-state index contributed by atoms with van der Waals surface area (Å²) in [5, 5.41) is 0. The first kappa shape index (κ1) is 13.3. The zero-order valence-corrected chi connectivity index (χ0v) is 13.1. The number of hydrogen-bond donors (Lipinski definition) is 0. The van der Waals surface area contributed by atoms with E-state index in [9.17, 15) is 0 Å². The van der Waals surface area contributed by atoms with E-state index in [1.54, 1.807) is 24.6 Å². The Morgan fingerprint density at radius 2 is 2.05 bits per heavy atom. The van der Waals surface area contributed by atoms with Crippen LogP contribution in [0.5, 0.6) is 5.75 Å². The van der Waals surface area contributed by atoms with Crippen LogP contribution in [-0.2, 0) is 6.54 Å². The number of aromatic nitrogens is 1. The molecule has 0 fully saturated rings. The molecular weight excluding hydrogens is 296 g/mol. The number of oxazole rings is 1. The SMILES string of the molecule is COc1ccc(C2=NCc3cc(-c4ncc(C)o4)sc32)cc1. The first-order chi connectivity index (χ1) is 10.7. The summed E-state index contributed by atoms with van der Waals surface area (Å²) in [6, 6.07) is 10.1. The Morgan fingerprint density at radius 1 is 1.23 bits per heavy atom. The Labute approximate surface area is 132 Å². The number of fused-ring (bicyclic) bond motifs is 1. The van der Waals surface area contributed by atoms with Gasteiger partial charge in [-0.05, 0) is 42.8 Å². The molecule has 0 N–H and O–H groups in total. The number of rotatable bonds is 3. The third-order valence-electron chi connectivity index (χ3n) is 3.63. The van der Waals surface area contributed by atoms with E-state index in [1.807, 2.05) is 31.2 Å². The van der Waals surface area contributed by atoms with Gasteiger partial charge in [-0.25, -0.2) is 4.98 Å². The summed E-state index contributed by atoms with van der Waals surface area (Å²) < 4.78 is 10.8. The topological polar surface area (TPSA) is 47.6 Å². The van der Waals surface area contributed by atoms with Crippen molar-refractivity contribution >= 4 is 17.0 Å². The molecule has 0 amide bonds. The van der Waals surface area contributed by atoms with Gasteiger partial charge in [0.05, 0.1) is 35.3 Å². The van der Waals surface area contributed by atoms with Gasteiger partial charge in [0, 0.05) is 5.56 Å². The molecule has 4 rings (SSSR count). The van der Waals surface area contributed by atoms with Gasteiger partial charge >= 0.3 is 0 Å². The molecular formula is C17H14N2O2S. The molecule has 4 nitrogen and oxygen atoms in total. The average Bonchev–Trinajstić information content (AvgIpc) is 3.22. The molecule has 0 saturated heterocycles. The molecule has 3 heterocycles. The highest BCUT2D eigenvalue weighted by Crippen LogP contribution is 2.36. The van der Waals surface area contributed by atoms with Crippen LogP contribution in [0.1, 0.15) is 21.8 Å². The Hall–Kier alpha value is -2.40. The Bertz CT molecular complexity index is 859. The number of thiophene rings is 1. The fraction of sp³-hybridized carbons (Fsp3) is 0.176. The Kier molecular flexibility index (Phi) is 3.08. The van der Waals surface area contributed by atoms with Gasteiger partial charge < -0.3 is 9.15 Å². The lowest BCUT2D eigenvalue weighted by Crippen LogP contribution is -1.97. The van der Waals surface area contributed by atoms with Crippen LogP contribution in [0, 0.1) is 6.92 Å². The van der Waals surface area contributed by atoms with E-state index in [0.717, 1.165) is 27.7 Å². The maximum atomic E-state index is 5.62. The standard InChI is InChI=1S/C17H14N2O2S/c1-10-8-19-17(21-10)14-7-12-9-18-15(16(12)22-14)11-3-5-13(20-2)6-4-11/h3-8H,9H2,1-2H3. The molecule has 1 aliphatic heterocycles. The second-order valence-corrected chi connectivity index (χ2v) is 6.19. The van der Waals surface area contributed by atoms with Gasteiger partial charge in [-0.15, -0.1) is 11.3 Å². The van der Waals surface area contributed by atoms with Crippen LogP contribution in [0.15, 0.2) is 45.9 Å². The minimum atomic E-state index is 0.686. The minimum absolute atomic E-state index is 0.686. The lowest BCUT2D eigenvalue weighted by molar-refractivity contribution is 0.415. The molecule has 0 saturated carbocycles. The summed E-state index contributed by atoms with van der Waals surface area (Å²) in [5.41, 5.74) is 3.38. The van der Waals surface area contributed by atoms with Crippen molar-refractivity contribution in [3.05, 3.63) is 58.3 Å². The number of aryl methyl sites for hydroxylation is 1. The summed E-state index contributed by atoms with van der Waals surface area (Å²) in [4.78, 5) is 11.2. The largest absolute Gasteiger partial charge is 0.497 e. The molecule has 0 atom stereocenters. The first-order valence-electron chi connectivity index (χ1n) is 6.99. The second-order valence-electron chi connectivity index (χ2n) is 5.13. The number of hydrogen-bond acceptors (Lipinski definition) is 5. The molecule has 110 valence electrons. The van der Waals surface area contributed by atoms with Gasteiger partial charge in [-0.3, -0.25) is 4.99 Å². The quantitative estimate of drug-likeness (QED) is 0.732. The van der Waals surface area contributed by atoms with Crippen LogP contribution < -0.4 is 4.74 Å². The van der Waals surface area contributed by atoms with E-state index < -0.39 is 0 Å². The highest BCUT2D eigenvalue weighted by molar-refractivity contribution is 7.17. The molecule has 22 heavy (non-hydrogen) atoms. The molecule has 1 aliphatic rings. The van der Waals surface area contributed by atoms with Crippen molar-refractivity contribution in [2.24, 2.45) is 4.99 Å². The van der Waals surface area contributed by atoms with E-state index in [4.69, 9.17) is 9.15 Å². The summed E-state index contributed by atoms with van der Waals surface area (Å²) >= 11 is 1.68. The van der Waals surface area contributed by atoms with Crippen molar-refractivity contribution in [2.45, 2.75) is 13.5 Å². The van der Waals surface area contributed by atoms with Crippen LogP contribution in [0.4, 0.5) is 0 Å². The average molecular weight is 310 g/mol. The monoisotopic (exact) mass is 310 g/mol. The van der Waals surface area contributed by atoms with Gasteiger partial charge in [-0.2, -0.15) is 0 Å². The molecule has 1 aromatic carbocycles. The number of methoxy groups -OCH3 is 1. The van der Waals surface area contributed by atoms with Crippen LogP contribution in [0.2, 0.25) is 0 Å². The lowest BCUT2D eigenvalue weighted by Gasteiger charge is -2.03. The van der Waals surface area contributed by atoms with Gasteiger partial charge in [0.15, 0.2) is 0 Å². The van der Waals surface area contributed by atoms with E-state index in [0.29, 0.717) is 12.4 Å². The fourth-order valence-electron chi connectivity index (χ4n) is 2.53. The second kappa shape index (κ2) is 5.10. The highest BCUT2D eigenvalue weighted by atomic mass is 32.1. The predicted octanol–water partition coefficient (Wildman–Crippen LogP) is 4.07. The molecule has 0 bridgehead atoms. The molecule has 0 aliphatic carbocycles. The Morgan fingerprint density at radius 3 is 2.73 bits per heavy atom. The summed E-state index contributed by atoms with van der Waals surface area (Å²) in [7, 11) is 1.67. The van der Waals surface area contributed by atoms with Gasteiger partial charge in [0.25, 0.3) is 0 Å². The van der Waals surface area contributed by atoms with E-state index in [1.165, 1.54) is 10.4 Å².